The van der Waals surface area contributed by atoms with Gasteiger partial charge in [0.15, 0.2) is 0 Å². The summed E-state index contributed by atoms with van der Waals surface area (Å²) < 4.78 is 5.34. The monoisotopic (exact) mass is 220 g/mol. The fourth-order valence-electron chi connectivity index (χ4n) is 1.11. The summed E-state index contributed by atoms with van der Waals surface area (Å²) in [6.45, 7) is 0. The topological polar surface area (TPSA) is 56.0 Å². The van der Waals surface area contributed by atoms with Crippen molar-refractivity contribution >= 4 is 18.0 Å². The average molecular weight is 220 g/mol. The van der Waals surface area contributed by atoms with Gasteiger partial charge >= 0.3 is 0 Å². The summed E-state index contributed by atoms with van der Waals surface area (Å²) in [5.41, 5.74) is 1.44. The predicted octanol–water partition coefficient (Wildman–Crippen LogP) is 2.27. The Balaban J connectivity index is 2.32. The summed E-state index contributed by atoms with van der Waals surface area (Å²) in [6, 6.07) is 6.99. The third kappa shape index (κ3) is 2.07. The molecule has 2 aromatic rings. The van der Waals surface area contributed by atoms with E-state index in [0.717, 1.165) is 11.8 Å². The number of carbonyl (C=O) groups excluding carboxylic acids is 1. The van der Waals surface area contributed by atoms with Crippen molar-refractivity contribution in [2.75, 3.05) is 6.26 Å². The minimum Gasteiger partial charge on any atom is -0.411 e. The van der Waals surface area contributed by atoms with E-state index >= 15 is 0 Å². The third-order valence-electron chi connectivity index (χ3n) is 1.87. The zero-order chi connectivity index (χ0) is 10.7. The van der Waals surface area contributed by atoms with Crippen LogP contribution in [0.25, 0.3) is 11.5 Å². The quantitative estimate of drug-likeness (QED) is 0.586. The lowest BCUT2D eigenvalue weighted by molar-refractivity contribution is 0.112. The maximum absolute atomic E-state index is 10.4. The van der Waals surface area contributed by atoms with E-state index in [4.69, 9.17) is 4.42 Å². The summed E-state index contributed by atoms with van der Waals surface area (Å²) in [4.78, 5) is 10.4. The number of carbonyl (C=O) groups is 1. The number of rotatable bonds is 3. The molecular formula is C10H8N2O2S. The van der Waals surface area contributed by atoms with E-state index in [2.05, 4.69) is 10.2 Å². The Morgan fingerprint density at radius 1 is 1.27 bits per heavy atom. The van der Waals surface area contributed by atoms with E-state index in [1.807, 2.05) is 6.26 Å². The predicted molar refractivity (Wildman–Crippen MR) is 56.9 cm³/mol. The molecule has 5 heteroatoms. The van der Waals surface area contributed by atoms with Gasteiger partial charge in [-0.15, -0.1) is 10.2 Å². The van der Waals surface area contributed by atoms with Crippen LogP contribution < -0.4 is 0 Å². The second kappa shape index (κ2) is 4.27. The van der Waals surface area contributed by atoms with Gasteiger partial charge in [-0.05, 0) is 18.4 Å². The molecule has 4 nitrogen and oxygen atoms in total. The molecule has 15 heavy (non-hydrogen) atoms. The van der Waals surface area contributed by atoms with Crippen LogP contribution in [0.1, 0.15) is 10.4 Å². The van der Waals surface area contributed by atoms with Crippen molar-refractivity contribution < 1.29 is 9.21 Å². The highest BCUT2D eigenvalue weighted by Gasteiger charge is 2.06. The maximum Gasteiger partial charge on any atom is 0.276 e. The number of nitrogens with zero attached hydrogens (tertiary/aromatic N) is 2. The Kier molecular flexibility index (Phi) is 2.82. The first-order chi connectivity index (χ1) is 7.33. The van der Waals surface area contributed by atoms with Crippen molar-refractivity contribution in [2.24, 2.45) is 0 Å². The molecule has 0 spiro atoms. The Morgan fingerprint density at radius 3 is 2.53 bits per heavy atom. The largest absolute Gasteiger partial charge is 0.411 e. The summed E-state index contributed by atoms with van der Waals surface area (Å²) in [6.07, 6.45) is 2.66. The van der Waals surface area contributed by atoms with Gasteiger partial charge in [0.1, 0.15) is 6.29 Å². The van der Waals surface area contributed by atoms with Crippen molar-refractivity contribution in [3.63, 3.8) is 0 Å². The molecule has 0 atom stereocenters. The van der Waals surface area contributed by atoms with Gasteiger partial charge in [-0.25, -0.2) is 0 Å². The fourth-order valence-corrected chi connectivity index (χ4v) is 1.40. The molecule has 1 heterocycles. The average Bonchev–Trinajstić information content (AvgIpc) is 2.78. The van der Waals surface area contributed by atoms with Crippen LogP contribution in [-0.4, -0.2) is 22.7 Å². The first kappa shape index (κ1) is 9.92. The Morgan fingerprint density at radius 2 is 2.00 bits per heavy atom. The van der Waals surface area contributed by atoms with Crippen LogP contribution in [0.15, 0.2) is 33.9 Å². The smallest absolute Gasteiger partial charge is 0.276 e. The van der Waals surface area contributed by atoms with Gasteiger partial charge in [-0.2, -0.15) is 0 Å². The molecule has 0 bridgehead atoms. The third-order valence-corrected chi connectivity index (χ3v) is 2.39. The van der Waals surface area contributed by atoms with E-state index in [1.54, 1.807) is 24.3 Å². The zero-order valence-corrected chi connectivity index (χ0v) is 8.82. The van der Waals surface area contributed by atoms with Gasteiger partial charge in [-0.3, -0.25) is 4.79 Å². The van der Waals surface area contributed by atoms with Crippen LogP contribution >= 0.6 is 11.8 Å². The molecule has 0 amide bonds. The van der Waals surface area contributed by atoms with Crippen LogP contribution in [-0.2, 0) is 0 Å². The molecule has 2 rings (SSSR count). The van der Waals surface area contributed by atoms with Gasteiger partial charge in [0, 0.05) is 11.1 Å². The molecule has 76 valence electrons. The van der Waals surface area contributed by atoms with Crippen molar-refractivity contribution in [1.29, 1.82) is 0 Å². The fraction of sp³-hybridized carbons (Fsp3) is 0.100. The molecule has 1 aromatic carbocycles. The van der Waals surface area contributed by atoms with E-state index < -0.39 is 0 Å². The number of hydrogen-bond donors (Lipinski definition) is 0. The van der Waals surface area contributed by atoms with Crippen LogP contribution in [0, 0.1) is 0 Å². The molecule has 0 radical (unpaired) electrons. The molecular weight excluding hydrogens is 212 g/mol. The Labute approximate surface area is 90.7 Å². The molecule has 0 aliphatic heterocycles. The van der Waals surface area contributed by atoms with Crippen molar-refractivity contribution in [1.82, 2.24) is 10.2 Å². The van der Waals surface area contributed by atoms with Gasteiger partial charge < -0.3 is 4.42 Å². The minimum absolute atomic E-state index is 0.469. The molecule has 1 aromatic heterocycles. The highest BCUT2D eigenvalue weighted by molar-refractivity contribution is 7.98. The summed E-state index contributed by atoms with van der Waals surface area (Å²) >= 11 is 1.40. The van der Waals surface area contributed by atoms with Crippen molar-refractivity contribution in [3.8, 4) is 11.5 Å². The maximum atomic E-state index is 10.4. The van der Waals surface area contributed by atoms with E-state index in [0.29, 0.717) is 16.7 Å². The molecule has 0 aliphatic carbocycles. The molecule has 0 fully saturated rings. The number of aromatic nitrogens is 2. The lowest BCUT2D eigenvalue weighted by Gasteiger charge is -1.94. The lowest BCUT2D eigenvalue weighted by atomic mass is 10.1. The second-order valence-corrected chi connectivity index (χ2v) is 3.57. The number of benzene rings is 1. The van der Waals surface area contributed by atoms with Crippen molar-refractivity contribution in [2.45, 2.75) is 5.22 Å². The number of thioether (sulfide) groups is 1. The van der Waals surface area contributed by atoms with Gasteiger partial charge in [0.05, 0.1) is 0 Å². The summed E-state index contributed by atoms with van der Waals surface area (Å²) in [7, 11) is 0. The van der Waals surface area contributed by atoms with Gasteiger partial charge in [-0.1, -0.05) is 23.9 Å². The van der Waals surface area contributed by atoms with Crippen LogP contribution in [0.4, 0.5) is 0 Å². The highest BCUT2D eigenvalue weighted by Crippen LogP contribution is 2.21. The Bertz CT molecular complexity index is 465. The van der Waals surface area contributed by atoms with E-state index in [-0.39, 0.29) is 0 Å². The molecule has 0 unspecified atom stereocenters. The van der Waals surface area contributed by atoms with Gasteiger partial charge in [0.2, 0.25) is 5.89 Å². The Hall–Kier alpha value is -1.62. The number of aldehydes is 1. The van der Waals surface area contributed by atoms with Crippen LogP contribution in [0.2, 0.25) is 0 Å². The molecule has 0 saturated heterocycles. The van der Waals surface area contributed by atoms with E-state index in [9.17, 15) is 4.79 Å². The molecule has 0 aliphatic rings. The molecule has 0 saturated carbocycles. The highest BCUT2D eigenvalue weighted by atomic mass is 32.2. The summed E-state index contributed by atoms with van der Waals surface area (Å²) in [5, 5.41) is 8.25. The van der Waals surface area contributed by atoms with Crippen molar-refractivity contribution in [3.05, 3.63) is 29.8 Å². The lowest BCUT2D eigenvalue weighted by Crippen LogP contribution is -1.81. The first-order valence-corrected chi connectivity index (χ1v) is 5.49. The standard InChI is InChI=1S/C10H8N2O2S/c1-15-10-12-11-9(14-10)8-4-2-7(6-13)3-5-8/h2-6H,1H3. The van der Waals surface area contributed by atoms with Gasteiger partial charge in [0.25, 0.3) is 5.22 Å². The first-order valence-electron chi connectivity index (χ1n) is 4.26. The number of hydrogen-bond acceptors (Lipinski definition) is 5. The van der Waals surface area contributed by atoms with Crippen LogP contribution in [0.5, 0.6) is 0 Å². The zero-order valence-electron chi connectivity index (χ0n) is 8.01. The van der Waals surface area contributed by atoms with Crippen LogP contribution in [0.3, 0.4) is 0 Å². The minimum atomic E-state index is 0.469. The second-order valence-electron chi connectivity index (χ2n) is 2.82. The SMILES string of the molecule is CSc1nnc(-c2ccc(C=O)cc2)o1. The molecule has 0 N–H and O–H groups in total. The van der Waals surface area contributed by atoms with E-state index in [1.165, 1.54) is 11.8 Å². The normalized spacial score (nSPS) is 10.2. The summed E-state index contributed by atoms with van der Waals surface area (Å²) in [5.74, 6) is 0.469.